The summed E-state index contributed by atoms with van der Waals surface area (Å²) in [6, 6.07) is 4.83. The predicted octanol–water partition coefficient (Wildman–Crippen LogP) is 6.26. The highest BCUT2D eigenvalue weighted by atomic mass is 16.5. The lowest BCUT2D eigenvalue weighted by Crippen LogP contribution is -2.55. The minimum absolute atomic E-state index is 0.00373. The first-order chi connectivity index (χ1) is 28.2. The Kier molecular flexibility index (Phi) is 14.0. The van der Waals surface area contributed by atoms with E-state index in [0.717, 1.165) is 115 Å². The SMILES string of the molecule is CC[C@@H]1C(=O)N(C)c2cnc(Nc3ccc(C(=O)NC4CCN(CCCC(=O)N[C@@H](C(=O)OC5CCCC5)C5CCCCC5)CC4)cc3OC)nc2N1C1CCCC1. The van der Waals surface area contributed by atoms with Crippen LogP contribution in [-0.2, 0) is 19.1 Å². The highest BCUT2D eigenvalue weighted by Crippen LogP contribution is 2.40. The minimum atomic E-state index is -0.541. The van der Waals surface area contributed by atoms with Crippen LogP contribution in [0.1, 0.15) is 133 Å². The lowest BCUT2D eigenvalue weighted by Gasteiger charge is -2.43. The van der Waals surface area contributed by atoms with E-state index in [4.69, 9.17) is 14.5 Å². The van der Waals surface area contributed by atoms with Crippen molar-refractivity contribution in [3.05, 3.63) is 30.0 Å². The number of esters is 1. The Morgan fingerprint density at radius 3 is 2.34 bits per heavy atom. The minimum Gasteiger partial charge on any atom is -0.495 e. The molecule has 3 aliphatic carbocycles. The van der Waals surface area contributed by atoms with Crippen LogP contribution >= 0.6 is 0 Å². The third-order valence-electron chi connectivity index (χ3n) is 13.2. The fraction of sp³-hybridized carbons (Fsp3) is 0.682. The summed E-state index contributed by atoms with van der Waals surface area (Å²) in [6.07, 6.45) is 18.8. The summed E-state index contributed by atoms with van der Waals surface area (Å²) in [4.78, 5) is 68.7. The number of ether oxygens (including phenoxy) is 2. The number of amides is 3. The van der Waals surface area contributed by atoms with Crippen molar-refractivity contribution in [2.45, 2.75) is 153 Å². The summed E-state index contributed by atoms with van der Waals surface area (Å²) >= 11 is 0. The fourth-order valence-corrected chi connectivity index (χ4v) is 9.86. The van der Waals surface area contributed by atoms with Gasteiger partial charge in [-0.15, -0.1) is 0 Å². The van der Waals surface area contributed by atoms with E-state index in [1.165, 1.54) is 6.42 Å². The van der Waals surface area contributed by atoms with Crippen molar-refractivity contribution >= 4 is 46.8 Å². The topological polar surface area (TPSA) is 158 Å². The molecule has 58 heavy (non-hydrogen) atoms. The van der Waals surface area contributed by atoms with Gasteiger partial charge in [0.15, 0.2) is 5.82 Å². The summed E-state index contributed by atoms with van der Waals surface area (Å²) in [5, 5.41) is 9.59. The molecule has 14 heteroatoms. The number of carbonyl (C=O) groups excluding carboxylic acids is 4. The molecule has 2 aromatic rings. The Balaban J connectivity index is 0.882. The Bertz CT molecular complexity index is 1750. The Morgan fingerprint density at radius 1 is 0.931 bits per heavy atom. The van der Waals surface area contributed by atoms with Crippen molar-refractivity contribution in [3.8, 4) is 5.75 Å². The van der Waals surface area contributed by atoms with Gasteiger partial charge in [-0.25, -0.2) is 9.78 Å². The molecule has 3 saturated carbocycles. The second-order valence-electron chi connectivity index (χ2n) is 17.1. The number of hydrogen-bond acceptors (Lipinski definition) is 11. The quantitative estimate of drug-likeness (QED) is 0.175. The van der Waals surface area contributed by atoms with E-state index >= 15 is 0 Å². The van der Waals surface area contributed by atoms with E-state index in [2.05, 4.69) is 30.7 Å². The third-order valence-corrected chi connectivity index (χ3v) is 13.2. The fourth-order valence-electron chi connectivity index (χ4n) is 9.86. The van der Waals surface area contributed by atoms with Crippen LogP contribution in [0.4, 0.5) is 23.1 Å². The van der Waals surface area contributed by atoms with Crippen LogP contribution in [0.5, 0.6) is 5.75 Å². The summed E-state index contributed by atoms with van der Waals surface area (Å²) in [5.41, 5.74) is 1.84. The first-order valence-electron chi connectivity index (χ1n) is 22.1. The zero-order chi connectivity index (χ0) is 40.6. The molecule has 7 rings (SSSR count). The molecule has 1 aromatic carbocycles. The van der Waals surface area contributed by atoms with Crippen molar-refractivity contribution < 1.29 is 28.7 Å². The van der Waals surface area contributed by atoms with Crippen LogP contribution in [0.2, 0.25) is 0 Å². The van der Waals surface area contributed by atoms with Crippen LogP contribution in [0.15, 0.2) is 24.4 Å². The number of aromatic nitrogens is 2. The average Bonchev–Trinajstić information content (AvgIpc) is 3.98. The summed E-state index contributed by atoms with van der Waals surface area (Å²) in [7, 11) is 3.36. The van der Waals surface area contributed by atoms with Crippen molar-refractivity contribution in [2.24, 2.45) is 5.92 Å². The van der Waals surface area contributed by atoms with Crippen molar-refractivity contribution in [1.29, 1.82) is 0 Å². The molecular formula is C44H64N8O6. The number of fused-ring (bicyclic) bond motifs is 1. The molecule has 5 aliphatic rings. The number of likely N-dealkylation sites (N-methyl/N-ethyl adjacent to an activating group) is 1. The smallest absolute Gasteiger partial charge is 0.329 e. The van der Waals surface area contributed by atoms with Gasteiger partial charge < -0.3 is 40.1 Å². The monoisotopic (exact) mass is 800 g/mol. The number of anilines is 4. The van der Waals surface area contributed by atoms with Gasteiger partial charge in [-0.2, -0.15) is 4.98 Å². The van der Waals surface area contributed by atoms with Gasteiger partial charge in [0.2, 0.25) is 17.8 Å². The van der Waals surface area contributed by atoms with Crippen LogP contribution in [0.25, 0.3) is 0 Å². The van der Waals surface area contributed by atoms with Crippen LogP contribution < -0.4 is 30.5 Å². The van der Waals surface area contributed by atoms with Crippen molar-refractivity contribution in [2.75, 3.05) is 48.9 Å². The molecule has 4 fully saturated rings. The maximum absolute atomic E-state index is 13.4. The van der Waals surface area contributed by atoms with Crippen molar-refractivity contribution in [3.63, 3.8) is 0 Å². The van der Waals surface area contributed by atoms with E-state index in [1.54, 1.807) is 37.4 Å². The summed E-state index contributed by atoms with van der Waals surface area (Å²) in [6.45, 7) is 4.51. The van der Waals surface area contributed by atoms with E-state index in [9.17, 15) is 19.2 Å². The average molecular weight is 801 g/mol. The Labute approximate surface area is 343 Å². The molecule has 0 radical (unpaired) electrons. The molecule has 0 unspecified atom stereocenters. The number of nitrogens with one attached hydrogen (secondary N) is 3. The molecule has 3 heterocycles. The van der Waals surface area contributed by atoms with Gasteiger partial charge in [0, 0.05) is 44.2 Å². The van der Waals surface area contributed by atoms with Crippen LogP contribution in [-0.4, -0.2) is 103 Å². The van der Waals surface area contributed by atoms with Gasteiger partial charge in [0.05, 0.1) is 19.0 Å². The van der Waals surface area contributed by atoms with E-state index in [1.807, 2.05) is 13.0 Å². The third kappa shape index (κ3) is 9.86. The lowest BCUT2D eigenvalue weighted by atomic mass is 9.83. The Hall–Kier alpha value is -4.46. The molecule has 316 valence electrons. The number of methoxy groups -OCH3 is 1. The number of piperidine rings is 1. The molecule has 2 aliphatic heterocycles. The molecule has 0 bridgehead atoms. The summed E-state index contributed by atoms with van der Waals surface area (Å²) < 4.78 is 11.6. The first kappa shape index (κ1) is 41.7. The highest BCUT2D eigenvalue weighted by molar-refractivity contribution is 6.04. The molecule has 14 nitrogen and oxygen atoms in total. The highest BCUT2D eigenvalue weighted by Gasteiger charge is 2.41. The number of likely N-dealkylation sites (tertiary alicyclic amines) is 1. The molecule has 0 spiro atoms. The maximum atomic E-state index is 13.4. The second kappa shape index (κ2) is 19.5. The number of carbonyl (C=O) groups is 4. The van der Waals surface area contributed by atoms with Gasteiger partial charge in [-0.3, -0.25) is 14.4 Å². The van der Waals surface area contributed by atoms with Gasteiger partial charge in [-0.05, 0) is 108 Å². The zero-order valence-electron chi connectivity index (χ0n) is 34.8. The number of rotatable bonds is 15. The maximum Gasteiger partial charge on any atom is 0.329 e. The lowest BCUT2D eigenvalue weighted by molar-refractivity contribution is -0.154. The first-order valence-corrected chi connectivity index (χ1v) is 22.1. The molecule has 2 atom stereocenters. The molecule has 3 amide bonds. The molecule has 3 N–H and O–H groups in total. The molecule has 1 aromatic heterocycles. The van der Waals surface area contributed by atoms with Crippen LogP contribution in [0.3, 0.4) is 0 Å². The number of nitrogens with zero attached hydrogens (tertiary/aromatic N) is 5. The normalized spacial score (nSPS) is 21.8. The van der Waals surface area contributed by atoms with E-state index < -0.39 is 6.04 Å². The molecular weight excluding hydrogens is 737 g/mol. The van der Waals surface area contributed by atoms with Gasteiger partial charge in [0.1, 0.15) is 29.6 Å². The predicted molar refractivity (Wildman–Crippen MR) is 224 cm³/mol. The van der Waals surface area contributed by atoms with Crippen molar-refractivity contribution in [1.82, 2.24) is 25.5 Å². The Morgan fingerprint density at radius 2 is 1.64 bits per heavy atom. The summed E-state index contributed by atoms with van der Waals surface area (Å²) in [5.74, 6) is 1.41. The van der Waals surface area contributed by atoms with Gasteiger partial charge >= 0.3 is 5.97 Å². The number of hydrogen-bond donors (Lipinski definition) is 3. The molecule has 1 saturated heterocycles. The van der Waals surface area contributed by atoms with E-state index in [-0.39, 0.29) is 53.8 Å². The standard InChI is InChI=1S/C44H64N8O6/c1-4-35-42(55)50(2)36-28-45-44(49-40(36)52(35)32-15-8-9-16-32)47-34-21-20-30(27-37(34)57-3)41(54)46-31-22-25-51(26-23-31)24-12-19-38(53)48-39(29-13-6-5-7-14-29)43(56)58-33-17-10-11-18-33/h20-21,27-29,31-33,35,39H,4-19,22-26H2,1-3H3,(H,46,54)(H,48,53)(H,45,47,49)/t35-,39-/m1/s1. The second-order valence-corrected chi connectivity index (χ2v) is 17.1. The van der Waals surface area contributed by atoms with Crippen LogP contribution in [0, 0.1) is 5.92 Å². The van der Waals surface area contributed by atoms with Gasteiger partial charge in [0.25, 0.3) is 5.91 Å². The zero-order valence-corrected chi connectivity index (χ0v) is 34.8. The van der Waals surface area contributed by atoms with E-state index in [0.29, 0.717) is 47.9 Å². The largest absolute Gasteiger partial charge is 0.495 e. The van der Waals surface area contributed by atoms with Gasteiger partial charge in [-0.1, -0.05) is 39.0 Å². The number of benzene rings is 1.